The van der Waals surface area contributed by atoms with Gasteiger partial charge < -0.3 is 4.90 Å². The van der Waals surface area contributed by atoms with E-state index in [1.807, 2.05) is 0 Å². The molecule has 1 heterocycles. The Kier molecular flexibility index (Phi) is 5.57. The van der Waals surface area contributed by atoms with Crippen LogP contribution in [-0.2, 0) is 16.3 Å². The second-order valence-corrected chi connectivity index (χ2v) is 9.31. The fourth-order valence-corrected chi connectivity index (χ4v) is 4.47. The van der Waals surface area contributed by atoms with Crippen molar-refractivity contribution in [1.82, 2.24) is 4.90 Å². The first-order valence-electron chi connectivity index (χ1n) is 8.91. The van der Waals surface area contributed by atoms with E-state index >= 15 is 0 Å². The predicted octanol–water partition coefficient (Wildman–Crippen LogP) is 3.67. The molecular formula is C20H27NO2S. The van der Waals surface area contributed by atoms with Gasteiger partial charge in [0.2, 0.25) is 0 Å². The summed E-state index contributed by atoms with van der Waals surface area (Å²) in [5.41, 5.74) is 1.40. The quantitative estimate of drug-likeness (QED) is 0.719. The van der Waals surface area contributed by atoms with Crippen molar-refractivity contribution in [2.24, 2.45) is 0 Å². The largest absolute Gasteiger partial charge is 0.300 e. The molecule has 0 radical (unpaired) electrons. The zero-order chi connectivity index (χ0) is 17.0. The number of hydrogen-bond donors (Lipinski definition) is 0. The van der Waals surface area contributed by atoms with E-state index in [1.54, 1.807) is 0 Å². The van der Waals surface area contributed by atoms with Gasteiger partial charge in [-0.25, -0.2) is 8.42 Å². The van der Waals surface area contributed by atoms with Crippen molar-refractivity contribution in [3.05, 3.63) is 48.0 Å². The van der Waals surface area contributed by atoms with E-state index in [9.17, 15) is 8.42 Å². The van der Waals surface area contributed by atoms with Crippen molar-refractivity contribution in [2.45, 2.75) is 38.1 Å². The second-order valence-electron chi connectivity index (χ2n) is 7.05. The standard InChI is InChI=1S/C20H27NO2S/c1-24(22,23)14-5-4-12-21-13-6-9-20(21)16-17-10-11-18-7-2-3-8-19(18)15-17/h2-3,7-8,10-11,15,20H,4-6,9,12-14,16H2,1H3/t20-/m1/s1. The molecule has 3 nitrogen and oxygen atoms in total. The van der Waals surface area contributed by atoms with Gasteiger partial charge >= 0.3 is 0 Å². The van der Waals surface area contributed by atoms with Crippen molar-refractivity contribution < 1.29 is 8.42 Å². The molecular weight excluding hydrogens is 318 g/mol. The Morgan fingerprint density at radius 1 is 1.08 bits per heavy atom. The van der Waals surface area contributed by atoms with Crippen molar-refractivity contribution in [1.29, 1.82) is 0 Å². The van der Waals surface area contributed by atoms with Gasteiger partial charge in [0.15, 0.2) is 0 Å². The Hall–Kier alpha value is -1.39. The monoisotopic (exact) mass is 345 g/mol. The number of likely N-dealkylation sites (tertiary alicyclic amines) is 1. The smallest absolute Gasteiger partial charge is 0.147 e. The third-order valence-corrected chi connectivity index (χ3v) is 6.02. The fraction of sp³-hybridized carbons (Fsp3) is 0.500. The van der Waals surface area contributed by atoms with E-state index in [4.69, 9.17) is 0 Å². The summed E-state index contributed by atoms with van der Waals surface area (Å²) < 4.78 is 22.5. The lowest BCUT2D eigenvalue weighted by molar-refractivity contribution is 0.249. The summed E-state index contributed by atoms with van der Waals surface area (Å²) in [4.78, 5) is 2.55. The second kappa shape index (κ2) is 7.66. The van der Waals surface area contributed by atoms with E-state index in [1.165, 1.54) is 35.4 Å². The van der Waals surface area contributed by atoms with Crippen LogP contribution < -0.4 is 0 Å². The predicted molar refractivity (Wildman–Crippen MR) is 101 cm³/mol. The number of fused-ring (bicyclic) bond motifs is 1. The number of unbranched alkanes of at least 4 members (excludes halogenated alkanes) is 1. The van der Waals surface area contributed by atoms with Gasteiger partial charge in [-0.1, -0.05) is 42.5 Å². The number of nitrogens with zero attached hydrogens (tertiary/aromatic N) is 1. The average Bonchev–Trinajstić information content (AvgIpc) is 2.98. The van der Waals surface area contributed by atoms with Gasteiger partial charge in [0.1, 0.15) is 9.84 Å². The van der Waals surface area contributed by atoms with Crippen LogP contribution in [0.4, 0.5) is 0 Å². The Morgan fingerprint density at radius 3 is 2.67 bits per heavy atom. The number of hydrogen-bond acceptors (Lipinski definition) is 3. The highest BCUT2D eigenvalue weighted by molar-refractivity contribution is 7.90. The van der Waals surface area contributed by atoms with Crippen molar-refractivity contribution >= 4 is 20.6 Å². The van der Waals surface area contributed by atoms with E-state index in [2.05, 4.69) is 47.4 Å². The lowest BCUT2D eigenvalue weighted by atomic mass is 10.0. The highest BCUT2D eigenvalue weighted by Crippen LogP contribution is 2.23. The van der Waals surface area contributed by atoms with E-state index in [0.717, 1.165) is 32.4 Å². The average molecular weight is 346 g/mol. The third kappa shape index (κ3) is 4.81. The van der Waals surface area contributed by atoms with Gasteiger partial charge in [0.05, 0.1) is 0 Å². The zero-order valence-electron chi connectivity index (χ0n) is 14.4. The Balaban J connectivity index is 1.56. The normalized spacial score (nSPS) is 19.1. The minimum atomic E-state index is -2.82. The molecule has 0 N–H and O–H groups in total. The Morgan fingerprint density at radius 2 is 1.88 bits per heavy atom. The SMILES string of the molecule is CS(=O)(=O)CCCCN1CCC[C@@H]1Cc1ccc2ccccc2c1. The van der Waals surface area contributed by atoms with E-state index in [0.29, 0.717) is 11.8 Å². The molecule has 3 rings (SSSR count). The van der Waals surface area contributed by atoms with Crippen LogP contribution in [0.15, 0.2) is 42.5 Å². The molecule has 0 spiro atoms. The maximum Gasteiger partial charge on any atom is 0.147 e. The molecule has 0 aromatic heterocycles. The van der Waals surface area contributed by atoms with Gasteiger partial charge in [0.25, 0.3) is 0 Å². The van der Waals surface area contributed by atoms with Crippen LogP contribution in [0.2, 0.25) is 0 Å². The van der Waals surface area contributed by atoms with Crippen molar-refractivity contribution in [3.8, 4) is 0 Å². The van der Waals surface area contributed by atoms with Gasteiger partial charge in [-0.15, -0.1) is 0 Å². The van der Waals surface area contributed by atoms with Crippen LogP contribution in [0.1, 0.15) is 31.2 Å². The summed E-state index contributed by atoms with van der Waals surface area (Å²) in [5.74, 6) is 0.316. The molecule has 0 amide bonds. The summed E-state index contributed by atoms with van der Waals surface area (Å²) in [6, 6.07) is 15.9. The van der Waals surface area contributed by atoms with Crippen LogP contribution in [-0.4, -0.2) is 44.5 Å². The molecule has 1 aliphatic rings. The van der Waals surface area contributed by atoms with Crippen LogP contribution in [0.3, 0.4) is 0 Å². The molecule has 2 aromatic rings. The molecule has 24 heavy (non-hydrogen) atoms. The molecule has 0 saturated carbocycles. The van der Waals surface area contributed by atoms with Crippen LogP contribution in [0.5, 0.6) is 0 Å². The summed E-state index contributed by atoms with van der Waals surface area (Å²) >= 11 is 0. The number of sulfone groups is 1. The van der Waals surface area contributed by atoms with E-state index in [-0.39, 0.29) is 0 Å². The van der Waals surface area contributed by atoms with Crippen LogP contribution >= 0.6 is 0 Å². The molecule has 1 aliphatic heterocycles. The molecule has 1 saturated heterocycles. The highest BCUT2D eigenvalue weighted by Gasteiger charge is 2.24. The lowest BCUT2D eigenvalue weighted by Crippen LogP contribution is -2.32. The summed E-state index contributed by atoms with van der Waals surface area (Å²) in [6.45, 7) is 2.17. The minimum Gasteiger partial charge on any atom is -0.300 e. The maximum absolute atomic E-state index is 11.2. The van der Waals surface area contributed by atoms with Gasteiger partial charge in [-0.05, 0) is 61.5 Å². The molecule has 0 aliphatic carbocycles. The number of rotatable bonds is 7. The first-order chi connectivity index (χ1) is 11.5. The third-order valence-electron chi connectivity index (χ3n) is 4.99. The maximum atomic E-state index is 11.2. The molecule has 0 bridgehead atoms. The van der Waals surface area contributed by atoms with Gasteiger partial charge in [0, 0.05) is 18.1 Å². The molecule has 2 aromatic carbocycles. The molecule has 0 unspecified atom stereocenters. The molecule has 1 atom stereocenters. The molecule has 4 heteroatoms. The van der Waals surface area contributed by atoms with Gasteiger partial charge in [-0.3, -0.25) is 0 Å². The Bertz CT molecular complexity index is 785. The fourth-order valence-electron chi connectivity index (χ4n) is 3.74. The zero-order valence-corrected chi connectivity index (χ0v) is 15.3. The minimum absolute atomic E-state index is 0.316. The van der Waals surface area contributed by atoms with Crippen molar-refractivity contribution in [2.75, 3.05) is 25.1 Å². The molecule has 130 valence electrons. The van der Waals surface area contributed by atoms with Gasteiger partial charge in [-0.2, -0.15) is 0 Å². The summed E-state index contributed by atoms with van der Waals surface area (Å²) in [6.07, 6.45) is 6.67. The molecule has 1 fully saturated rings. The topological polar surface area (TPSA) is 37.4 Å². The Labute approximate surface area is 145 Å². The highest BCUT2D eigenvalue weighted by atomic mass is 32.2. The summed E-state index contributed by atoms with van der Waals surface area (Å²) in [5, 5.41) is 2.61. The van der Waals surface area contributed by atoms with Crippen LogP contribution in [0, 0.1) is 0 Å². The number of benzene rings is 2. The van der Waals surface area contributed by atoms with E-state index < -0.39 is 9.84 Å². The first kappa shape index (κ1) is 17.4. The van der Waals surface area contributed by atoms with Crippen LogP contribution in [0.25, 0.3) is 10.8 Å². The van der Waals surface area contributed by atoms with Crippen molar-refractivity contribution in [3.63, 3.8) is 0 Å². The first-order valence-corrected chi connectivity index (χ1v) is 11.0. The lowest BCUT2D eigenvalue weighted by Gasteiger charge is -2.24. The summed E-state index contributed by atoms with van der Waals surface area (Å²) in [7, 11) is -2.82.